The maximum Gasteiger partial charge on any atom is 0.573 e. The molecule has 0 amide bonds. The summed E-state index contributed by atoms with van der Waals surface area (Å²) >= 11 is 0. The molecule has 2 N–H and O–H groups in total. The number of alkyl halides is 3. The van der Waals surface area contributed by atoms with Crippen LogP contribution in [0.3, 0.4) is 0 Å². The average Bonchev–Trinajstić information content (AvgIpc) is 2.53. The summed E-state index contributed by atoms with van der Waals surface area (Å²) in [4.78, 5) is 9.98. The van der Waals surface area contributed by atoms with Gasteiger partial charge in [0.25, 0.3) is 0 Å². The second kappa shape index (κ2) is 8.23. The van der Waals surface area contributed by atoms with E-state index in [2.05, 4.69) is 10.1 Å². The fourth-order valence-corrected chi connectivity index (χ4v) is 4.48. The second-order valence-corrected chi connectivity index (χ2v) is 7.80. The lowest BCUT2D eigenvalue weighted by atomic mass is 10.00. The maximum atomic E-state index is 12.8. The fraction of sp³-hybridized carbons (Fsp3) is 0.533. The molecule has 1 aromatic rings. The van der Waals surface area contributed by atoms with Crippen molar-refractivity contribution in [3.05, 3.63) is 24.3 Å². The van der Waals surface area contributed by atoms with Crippen LogP contribution in [0, 0.1) is 5.92 Å². The number of aliphatic carboxylic acids is 1. The zero-order chi connectivity index (χ0) is 19.4. The van der Waals surface area contributed by atoms with Gasteiger partial charge >= 0.3 is 12.3 Å². The zero-order valence-electron chi connectivity index (χ0n) is 13.7. The van der Waals surface area contributed by atoms with E-state index in [0.29, 0.717) is 19.4 Å². The Hall–Kier alpha value is -1.85. The average molecular weight is 396 g/mol. The Bertz CT molecular complexity index is 739. The van der Waals surface area contributed by atoms with Crippen molar-refractivity contribution in [2.75, 3.05) is 26.2 Å². The van der Waals surface area contributed by atoms with Crippen LogP contribution in [0.25, 0.3) is 0 Å². The molecule has 0 radical (unpaired) electrons. The van der Waals surface area contributed by atoms with Crippen molar-refractivity contribution < 1.29 is 36.2 Å². The largest absolute Gasteiger partial charge is 0.573 e. The lowest BCUT2D eigenvalue weighted by molar-refractivity contribution is -0.275. The number of carboxylic acid groups (broad SMARTS) is 1. The summed E-state index contributed by atoms with van der Waals surface area (Å²) in [5, 5.41) is 11.3. The molecule has 0 aliphatic carbocycles. The van der Waals surface area contributed by atoms with Gasteiger partial charge in [0.2, 0.25) is 10.0 Å². The number of benzene rings is 1. The molecular weight excluding hydrogens is 377 g/mol. The van der Waals surface area contributed by atoms with E-state index in [1.807, 2.05) is 0 Å². The van der Waals surface area contributed by atoms with Crippen LogP contribution in [0.4, 0.5) is 13.2 Å². The standard InChI is InChI=1S/C15H19F3N2O5S/c16-15(17,18)25-12-5-1-2-6-13(12)26(23,24)20-7-3-4-11(10-20)8-19-9-14(21)22/h1-2,5-6,11,19H,3-4,7-10H2,(H,21,22). The van der Waals surface area contributed by atoms with Crippen LogP contribution in [-0.2, 0) is 14.8 Å². The molecular formula is C15H19F3N2O5S. The van der Waals surface area contributed by atoms with E-state index in [4.69, 9.17) is 5.11 Å². The molecule has 0 bridgehead atoms. The van der Waals surface area contributed by atoms with Crippen LogP contribution in [0.15, 0.2) is 29.2 Å². The number of rotatable bonds is 7. The number of sulfonamides is 1. The van der Waals surface area contributed by atoms with Gasteiger partial charge in [0.15, 0.2) is 0 Å². The molecule has 1 fully saturated rings. The summed E-state index contributed by atoms with van der Waals surface area (Å²) in [6, 6.07) is 4.61. The van der Waals surface area contributed by atoms with Gasteiger partial charge in [-0.15, -0.1) is 13.2 Å². The second-order valence-electron chi connectivity index (χ2n) is 5.89. The number of nitrogens with one attached hydrogen (secondary N) is 1. The SMILES string of the molecule is O=C(O)CNCC1CCCN(S(=O)(=O)c2ccccc2OC(F)(F)F)C1. The number of hydrogen-bond donors (Lipinski definition) is 2. The van der Waals surface area contributed by atoms with Crippen molar-refractivity contribution >= 4 is 16.0 Å². The fourth-order valence-electron chi connectivity index (χ4n) is 2.81. The van der Waals surface area contributed by atoms with Crippen molar-refractivity contribution in [2.45, 2.75) is 24.1 Å². The summed E-state index contributed by atoms with van der Waals surface area (Å²) < 4.78 is 68.1. The topological polar surface area (TPSA) is 95.9 Å². The summed E-state index contributed by atoms with van der Waals surface area (Å²) in [7, 11) is -4.18. The first-order chi connectivity index (χ1) is 12.1. The van der Waals surface area contributed by atoms with Gasteiger partial charge in [0.1, 0.15) is 10.6 Å². The Morgan fingerprint density at radius 2 is 2.04 bits per heavy atom. The Balaban J connectivity index is 2.15. The minimum absolute atomic E-state index is 0.0926. The molecule has 0 spiro atoms. The van der Waals surface area contributed by atoms with Gasteiger partial charge in [-0.25, -0.2) is 8.42 Å². The van der Waals surface area contributed by atoms with Crippen LogP contribution < -0.4 is 10.1 Å². The third-order valence-corrected chi connectivity index (χ3v) is 5.79. The van der Waals surface area contributed by atoms with Gasteiger partial charge in [-0.1, -0.05) is 12.1 Å². The van der Waals surface area contributed by atoms with E-state index in [1.165, 1.54) is 12.1 Å². The maximum absolute atomic E-state index is 12.8. The van der Waals surface area contributed by atoms with Gasteiger partial charge in [0.05, 0.1) is 6.54 Å². The normalized spacial score (nSPS) is 19.3. The monoisotopic (exact) mass is 396 g/mol. The predicted octanol–water partition coefficient (Wildman–Crippen LogP) is 1.66. The molecule has 11 heteroatoms. The Labute approximate surface area is 148 Å². The van der Waals surface area contributed by atoms with E-state index in [1.54, 1.807) is 0 Å². The van der Waals surface area contributed by atoms with Crippen molar-refractivity contribution in [2.24, 2.45) is 5.92 Å². The first-order valence-electron chi connectivity index (χ1n) is 7.87. The number of hydrogen-bond acceptors (Lipinski definition) is 5. The van der Waals surface area contributed by atoms with Gasteiger partial charge in [0, 0.05) is 13.1 Å². The summed E-state index contributed by atoms with van der Waals surface area (Å²) in [6.07, 6.45) is -3.78. The Morgan fingerprint density at radius 1 is 1.35 bits per heavy atom. The summed E-state index contributed by atoms with van der Waals surface area (Å²) in [6.45, 7) is 0.331. The molecule has 2 rings (SSSR count). The number of nitrogens with zero attached hydrogens (tertiary/aromatic N) is 1. The number of carboxylic acids is 1. The van der Waals surface area contributed by atoms with E-state index in [9.17, 15) is 26.4 Å². The van der Waals surface area contributed by atoms with Gasteiger partial charge in [-0.2, -0.15) is 4.31 Å². The highest BCUT2D eigenvalue weighted by Crippen LogP contribution is 2.32. The van der Waals surface area contributed by atoms with Crippen LogP contribution >= 0.6 is 0 Å². The molecule has 1 unspecified atom stereocenters. The van der Waals surface area contributed by atoms with Crippen LogP contribution in [0.2, 0.25) is 0 Å². The van der Waals surface area contributed by atoms with E-state index >= 15 is 0 Å². The number of para-hydroxylation sites is 1. The molecule has 1 aliphatic heterocycles. The van der Waals surface area contributed by atoms with Crippen molar-refractivity contribution in [3.63, 3.8) is 0 Å². The molecule has 1 saturated heterocycles. The van der Waals surface area contributed by atoms with E-state index in [0.717, 1.165) is 16.4 Å². The Morgan fingerprint density at radius 3 is 2.69 bits per heavy atom. The highest BCUT2D eigenvalue weighted by Gasteiger charge is 2.36. The van der Waals surface area contributed by atoms with Crippen molar-refractivity contribution in [3.8, 4) is 5.75 Å². The van der Waals surface area contributed by atoms with Gasteiger partial charge < -0.3 is 15.2 Å². The quantitative estimate of drug-likeness (QED) is 0.728. The first-order valence-corrected chi connectivity index (χ1v) is 9.31. The number of ether oxygens (including phenoxy) is 1. The minimum atomic E-state index is -5.00. The molecule has 1 heterocycles. The first kappa shape index (κ1) is 20.5. The van der Waals surface area contributed by atoms with Gasteiger partial charge in [-0.3, -0.25) is 4.79 Å². The van der Waals surface area contributed by atoms with Crippen LogP contribution in [0.5, 0.6) is 5.75 Å². The number of halogens is 3. The molecule has 7 nitrogen and oxygen atoms in total. The zero-order valence-corrected chi connectivity index (χ0v) is 14.5. The van der Waals surface area contributed by atoms with Crippen LogP contribution in [-0.4, -0.2) is 56.3 Å². The molecule has 0 aromatic heterocycles. The minimum Gasteiger partial charge on any atom is -0.480 e. The van der Waals surface area contributed by atoms with Gasteiger partial charge in [-0.05, 0) is 37.4 Å². The molecule has 1 atom stereocenters. The highest BCUT2D eigenvalue weighted by molar-refractivity contribution is 7.89. The molecule has 1 aliphatic rings. The van der Waals surface area contributed by atoms with Crippen molar-refractivity contribution in [1.82, 2.24) is 9.62 Å². The third kappa shape index (κ3) is 5.58. The number of piperidine rings is 1. The smallest absolute Gasteiger partial charge is 0.480 e. The summed E-state index contributed by atoms with van der Waals surface area (Å²) in [5.41, 5.74) is 0. The summed E-state index contributed by atoms with van der Waals surface area (Å²) in [5.74, 6) is -1.93. The predicted molar refractivity (Wildman–Crippen MR) is 85.1 cm³/mol. The molecule has 26 heavy (non-hydrogen) atoms. The molecule has 146 valence electrons. The van der Waals surface area contributed by atoms with E-state index in [-0.39, 0.29) is 25.6 Å². The third-order valence-electron chi connectivity index (χ3n) is 3.88. The van der Waals surface area contributed by atoms with Crippen molar-refractivity contribution in [1.29, 1.82) is 0 Å². The lowest BCUT2D eigenvalue weighted by Gasteiger charge is -2.32. The highest BCUT2D eigenvalue weighted by atomic mass is 32.2. The van der Waals surface area contributed by atoms with Crippen LogP contribution in [0.1, 0.15) is 12.8 Å². The molecule has 0 saturated carbocycles. The Kier molecular flexibility index (Phi) is 6.48. The lowest BCUT2D eigenvalue weighted by Crippen LogP contribution is -2.43. The van der Waals surface area contributed by atoms with E-state index < -0.39 is 33.0 Å². The molecule has 1 aromatic carbocycles. The number of carbonyl (C=O) groups is 1.